The van der Waals surface area contributed by atoms with E-state index < -0.39 is 6.04 Å². The van der Waals surface area contributed by atoms with Gasteiger partial charge in [-0.1, -0.05) is 41.9 Å². The molecule has 3 aromatic carbocycles. The van der Waals surface area contributed by atoms with E-state index in [4.69, 9.17) is 25.8 Å². The average Bonchev–Trinajstić information content (AvgIpc) is 3.40. The van der Waals surface area contributed by atoms with Crippen LogP contribution in [0.1, 0.15) is 24.1 Å². The number of nitrogens with zero attached hydrogens (tertiary/aromatic N) is 3. The number of hydrogen-bond acceptors (Lipinski definition) is 7. The summed E-state index contributed by atoms with van der Waals surface area (Å²) in [6.07, 6.45) is 1.45. The molecular formula is C28H26ClN5O4. The zero-order valence-corrected chi connectivity index (χ0v) is 21.8. The van der Waals surface area contributed by atoms with Crippen LogP contribution in [0.4, 0.5) is 11.6 Å². The zero-order valence-electron chi connectivity index (χ0n) is 21.1. The second-order valence-corrected chi connectivity index (χ2v) is 9.00. The molecule has 0 saturated heterocycles. The molecule has 1 aliphatic heterocycles. The van der Waals surface area contributed by atoms with Crippen LogP contribution < -0.4 is 24.8 Å². The largest absolute Gasteiger partial charge is 0.497 e. The Morgan fingerprint density at radius 1 is 1.05 bits per heavy atom. The molecule has 0 radical (unpaired) electrons. The first-order valence-corrected chi connectivity index (χ1v) is 12.2. The molecule has 1 atom stereocenters. The molecule has 0 aliphatic carbocycles. The zero-order chi connectivity index (χ0) is 26.6. The number of rotatable bonds is 8. The molecule has 2 heterocycles. The standard InChI is InChI=1S/C28H26ClN5O4/c1-17-25(27(35)33-22-13-12-20(36-2)14-24(22)37-3)26(34-28(32-17)30-16-31-34)21-6-4-5-7-23(21)38-15-18-8-10-19(29)11-9-18/h4-14,16,26H,15H2,1-3H3,(H,33,35)(H,30,31,32)/t26-/m1/s1. The van der Waals surface area contributed by atoms with E-state index in [-0.39, 0.29) is 5.91 Å². The van der Waals surface area contributed by atoms with Gasteiger partial charge in [0.2, 0.25) is 5.95 Å². The topological polar surface area (TPSA) is 99.5 Å². The number of allylic oxidation sites excluding steroid dienone is 1. The summed E-state index contributed by atoms with van der Waals surface area (Å²) in [5, 5.41) is 11.3. The first kappa shape index (κ1) is 25.2. The van der Waals surface area contributed by atoms with Gasteiger partial charge in [0, 0.05) is 22.3 Å². The van der Waals surface area contributed by atoms with E-state index in [1.54, 1.807) is 30.0 Å². The molecule has 10 heteroatoms. The summed E-state index contributed by atoms with van der Waals surface area (Å²) >= 11 is 6.02. The molecule has 5 rings (SSSR count). The normalized spacial score (nSPS) is 14.4. The van der Waals surface area contributed by atoms with Crippen LogP contribution in [-0.2, 0) is 11.4 Å². The van der Waals surface area contributed by atoms with Gasteiger partial charge < -0.3 is 24.8 Å². The minimum absolute atomic E-state index is 0.322. The van der Waals surface area contributed by atoms with Crippen molar-refractivity contribution in [1.82, 2.24) is 14.8 Å². The van der Waals surface area contributed by atoms with Gasteiger partial charge in [0.15, 0.2) is 0 Å². The third-order valence-electron chi connectivity index (χ3n) is 6.22. The molecule has 0 saturated carbocycles. The quantitative estimate of drug-likeness (QED) is 0.311. The minimum atomic E-state index is -0.598. The molecule has 1 aromatic heterocycles. The predicted molar refractivity (Wildman–Crippen MR) is 145 cm³/mol. The Morgan fingerprint density at radius 3 is 2.61 bits per heavy atom. The lowest BCUT2D eigenvalue weighted by Gasteiger charge is -2.30. The van der Waals surface area contributed by atoms with Gasteiger partial charge in [0.05, 0.1) is 25.5 Å². The van der Waals surface area contributed by atoms with Crippen molar-refractivity contribution >= 4 is 29.1 Å². The maximum Gasteiger partial charge on any atom is 0.255 e. The highest BCUT2D eigenvalue weighted by atomic mass is 35.5. The van der Waals surface area contributed by atoms with Crippen LogP contribution in [-0.4, -0.2) is 34.9 Å². The fraction of sp³-hybridized carbons (Fsp3) is 0.179. The summed E-state index contributed by atoms with van der Waals surface area (Å²) < 4.78 is 18.7. The summed E-state index contributed by atoms with van der Waals surface area (Å²) in [5.74, 6) is 1.92. The fourth-order valence-corrected chi connectivity index (χ4v) is 4.47. The van der Waals surface area contributed by atoms with Crippen molar-refractivity contribution in [1.29, 1.82) is 0 Å². The number of aromatic nitrogens is 3. The lowest BCUT2D eigenvalue weighted by atomic mass is 9.94. The number of nitrogens with one attached hydrogen (secondary N) is 2. The van der Waals surface area contributed by atoms with Crippen LogP contribution in [0.15, 0.2) is 84.3 Å². The van der Waals surface area contributed by atoms with Crippen molar-refractivity contribution in [2.45, 2.75) is 19.6 Å². The van der Waals surface area contributed by atoms with E-state index in [1.807, 2.05) is 55.5 Å². The maximum atomic E-state index is 13.8. The Balaban J connectivity index is 1.51. The Labute approximate surface area is 225 Å². The van der Waals surface area contributed by atoms with Crippen LogP contribution >= 0.6 is 11.6 Å². The number of amides is 1. The SMILES string of the molecule is COc1ccc(NC(=O)C2=C(C)Nc3ncnn3[C@@H]2c2ccccc2OCc2ccc(Cl)cc2)c(OC)c1. The molecule has 194 valence electrons. The summed E-state index contributed by atoms with van der Waals surface area (Å²) in [5.41, 5.74) is 3.35. The molecule has 0 fully saturated rings. The summed E-state index contributed by atoms with van der Waals surface area (Å²) in [7, 11) is 3.11. The summed E-state index contributed by atoms with van der Waals surface area (Å²) in [6.45, 7) is 2.17. The number of anilines is 2. The van der Waals surface area contributed by atoms with E-state index >= 15 is 0 Å². The second kappa shape index (κ2) is 10.9. The number of hydrogen-bond donors (Lipinski definition) is 2. The van der Waals surface area contributed by atoms with E-state index in [1.165, 1.54) is 13.4 Å². The van der Waals surface area contributed by atoms with Crippen molar-refractivity contribution in [3.8, 4) is 17.2 Å². The number of methoxy groups -OCH3 is 2. The number of fused-ring (bicyclic) bond motifs is 1. The van der Waals surface area contributed by atoms with E-state index in [2.05, 4.69) is 20.7 Å². The summed E-state index contributed by atoms with van der Waals surface area (Å²) in [4.78, 5) is 18.2. The van der Waals surface area contributed by atoms with Crippen LogP contribution in [0.3, 0.4) is 0 Å². The molecule has 2 N–H and O–H groups in total. The third kappa shape index (κ3) is 5.01. The molecule has 0 spiro atoms. The van der Waals surface area contributed by atoms with Crippen LogP contribution in [0.25, 0.3) is 0 Å². The average molecular weight is 532 g/mol. The van der Waals surface area contributed by atoms with Crippen molar-refractivity contribution in [2.24, 2.45) is 0 Å². The van der Waals surface area contributed by atoms with Crippen molar-refractivity contribution in [2.75, 3.05) is 24.9 Å². The van der Waals surface area contributed by atoms with Crippen LogP contribution in [0.2, 0.25) is 5.02 Å². The monoisotopic (exact) mass is 531 g/mol. The first-order valence-electron chi connectivity index (χ1n) is 11.9. The Kier molecular flexibility index (Phi) is 7.19. The van der Waals surface area contributed by atoms with Gasteiger partial charge in [0.1, 0.15) is 36.2 Å². The van der Waals surface area contributed by atoms with Gasteiger partial charge >= 0.3 is 0 Å². The summed E-state index contributed by atoms with van der Waals surface area (Å²) in [6, 6.07) is 19.7. The fourth-order valence-electron chi connectivity index (χ4n) is 4.34. The van der Waals surface area contributed by atoms with E-state index in [0.29, 0.717) is 51.8 Å². The maximum absolute atomic E-state index is 13.8. The van der Waals surface area contributed by atoms with Crippen molar-refractivity contribution < 1.29 is 19.0 Å². The number of carbonyl (C=O) groups excluding carboxylic acids is 1. The van der Waals surface area contributed by atoms with Crippen LogP contribution in [0, 0.1) is 0 Å². The first-order chi connectivity index (χ1) is 18.5. The Bertz CT molecular complexity index is 1500. The number of carbonyl (C=O) groups is 1. The van der Waals surface area contributed by atoms with E-state index in [9.17, 15) is 4.79 Å². The molecule has 38 heavy (non-hydrogen) atoms. The second-order valence-electron chi connectivity index (χ2n) is 8.57. The van der Waals surface area contributed by atoms with Crippen molar-refractivity contribution in [3.63, 3.8) is 0 Å². The van der Waals surface area contributed by atoms with Gasteiger partial charge in [-0.2, -0.15) is 10.1 Å². The van der Waals surface area contributed by atoms with E-state index in [0.717, 1.165) is 11.1 Å². The molecule has 9 nitrogen and oxygen atoms in total. The molecule has 4 aromatic rings. The minimum Gasteiger partial charge on any atom is -0.497 e. The lowest BCUT2D eigenvalue weighted by molar-refractivity contribution is -0.113. The smallest absolute Gasteiger partial charge is 0.255 e. The lowest BCUT2D eigenvalue weighted by Crippen LogP contribution is -2.31. The number of halogens is 1. The Morgan fingerprint density at radius 2 is 1.84 bits per heavy atom. The van der Waals surface area contributed by atoms with Gasteiger partial charge in [-0.25, -0.2) is 4.68 Å². The number of para-hydroxylation sites is 1. The molecule has 0 bridgehead atoms. The number of benzene rings is 3. The predicted octanol–water partition coefficient (Wildman–Crippen LogP) is 5.46. The Hall–Kier alpha value is -4.50. The van der Waals surface area contributed by atoms with Crippen LogP contribution in [0.5, 0.6) is 17.2 Å². The van der Waals surface area contributed by atoms with Gasteiger partial charge in [-0.05, 0) is 42.8 Å². The van der Waals surface area contributed by atoms with Crippen molar-refractivity contribution in [3.05, 3.63) is 100 Å². The van der Waals surface area contributed by atoms with Gasteiger partial charge in [-0.15, -0.1) is 0 Å². The number of ether oxygens (including phenoxy) is 3. The third-order valence-corrected chi connectivity index (χ3v) is 6.47. The van der Waals surface area contributed by atoms with Gasteiger partial charge in [0.25, 0.3) is 5.91 Å². The van der Waals surface area contributed by atoms with Gasteiger partial charge in [-0.3, -0.25) is 4.79 Å². The molecule has 1 amide bonds. The highest BCUT2D eigenvalue weighted by Crippen LogP contribution is 2.40. The highest BCUT2D eigenvalue weighted by molar-refractivity contribution is 6.30. The molecule has 0 unspecified atom stereocenters. The molecule has 1 aliphatic rings. The highest BCUT2D eigenvalue weighted by Gasteiger charge is 2.35. The molecular weight excluding hydrogens is 506 g/mol.